The quantitative estimate of drug-likeness (QED) is 0.793. The van der Waals surface area contributed by atoms with E-state index in [0.29, 0.717) is 11.0 Å². The predicted molar refractivity (Wildman–Crippen MR) is 58.8 cm³/mol. The van der Waals surface area contributed by atoms with Crippen LogP contribution in [0.5, 0.6) is 0 Å². The summed E-state index contributed by atoms with van der Waals surface area (Å²) in [7, 11) is 0. The van der Waals surface area contributed by atoms with Gasteiger partial charge in [-0.15, -0.1) is 10.2 Å². The number of nitrogens with one attached hydrogen (secondary N) is 2. The van der Waals surface area contributed by atoms with Crippen LogP contribution >= 0.6 is 11.3 Å². The monoisotopic (exact) mass is 226 g/mol. The fourth-order valence-corrected chi connectivity index (χ4v) is 2.04. The number of amides is 1. The van der Waals surface area contributed by atoms with Crippen LogP contribution in [0.15, 0.2) is 0 Å². The summed E-state index contributed by atoms with van der Waals surface area (Å²) in [6, 6.07) is 0. The molecule has 0 saturated carbocycles. The van der Waals surface area contributed by atoms with Crippen molar-refractivity contribution < 1.29 is 4.79 Å². The van der Waals surface area contributed by atoms with Gasteiger partial charge in [-0.2, -0.15) is 0 Å². The molecule has 15 heavy (non-hydrogen) atoms. The third-order valence-electron chi connectivity index (χ3n) is 2.69. The maximum atomic E-state index is 11.8. The van der Waals surface area contributed by atoms with Crippen molar-refractivity contribution in [3.05, 3.63) is 5.01 Å². The van der Waals surface area contributed by atoms with Crippen LogP contribution in [0, 0.1) is 18.8 Å². The molecule has 1 amide bonds. The van der Waals surface area contributed by atoms with Gasteiger partial charge in [0.1, 0.15) is 5.01 Å². The molecule has 0 radical (unpaired) electrons. The summed E-state index contributed by atoms with van der Waals surface area (Å²) in [6.45, 7) is 5.69. The molecule has 2 N–H and O–H groups in total. The summed E-state index contributed by atoms with van der Waals surface area (Å²) in [5, 5.41) is 15.1. The van der Waals surface area contributed by atoms with Crippen molar-refractivity contribution in [3.8, 4) is 0 Å². The Morgan fingerprint density at radius 3 is 2.80 bits per heavy atom. The van der Waals surface area contributed by atoms with E-state index in [2.05, 4.69) is 20.8 Å². The molecule has 2 heterocycles. The summed E-state index contributed by atoms with van der Waals surface area (Å²) >= 11 is 1.40. The molecular weight excluding hydrogens is 212 g/mol. The average Bonchev–Trinajstić information content (AvgIpc) is 2.48. The number of aryl methyl sites for hydroxylation is 1. The number of rotatable bonds is 3. The van der Waals surface area contributed by atoms with Gasteiger partial charge in [0.2, 0.25) is 11.0 Å². The van der Waals surface area contributed by atoms with Gasteiger partial charge in [-0.1, -0.05) is 18.3 Å². The predicted octanol–water partition coefficient (Wildman–Crippen LogP) is 0.641. The molecule has 1 fully saturated rings. The van der Waals surface area contributed by atoms with E-state index in [9.17, 15) is 4.79 Å². The minimum atomic E-state index is 0.0375. The van der Waals surface area contributed by atoms with Crippen molar-refractivity contribution >= 4 is 22.4 Å². The molecule has 1 aromatic heterocycles. The fourth-order valence-electron chi connectivity index (χ4n) is 1.44. The highest BCUT2D eigenvalue weighted by Crippen LogP contribution is 2.19. The first kappa shape index (κ1) is 10.5. The number of hydrogen-bond donors (Lipinski definition) is 2. The van der Waals surface area contributed by atoms with Crippen LogP contribution in [0.2, 0.25) is 0 Å². The third kappa shape index (κ3) is 2.32. The van der Waals surface area contributed by atoms with E-state index in [0.717, 1.165) is 18.1 Å². The van der Waals surface area contributed by atoms with Crippen LogP contribution < -0.4 is 10.6 Å². The molecule has 1 saturated heterocycles. The van der Waals surface area contributed by atoms with Crippen LogP contribution in [-0.2, 0) is 4.79 Å². The highest BCUT2D eigenvalue weighted by molar-refractivity contribution is 7.15. The zero-order valence-electron chi connectivity index (χ0n) is 8.78. The summed E-state index contributed by atoms with van der Waals surface area (Å²) in [5.41, 5.74) is 0. The lowest BCUT2D eigenvalue weighted by Gasteiger charge is -2.31. The highest BCUT2D eigenvalue weighted by Gasteiger charge is 2.29. The van der Waals surface area contributed by atoms with Crippen molar-refractivity contribution in [2.75, 3.05) is 18.4 Å². The number of anilines is 1. The van der Waals surface area contributed by atoms with Gasteiger partial charge in [-0.3, -0.25) is 4.79 Å². The Labute approximate surface area is 92.3 Å². The second-order valence-corrected chi connectivity index (χ2v) is 5.00. The van der Waals surface area contributed by atoms with Gasteiger partial charge >= 0.3 is 0 Å². The fraction of sp³-hybridized carbons (Fsp3) is 0.667. The van der Waals surface area contributed by atoms with Crippen LogP contribution in [-0.4, -0.2) is 29.2 Å². The van der Waals surface area contributed by atoms with Gasteiger partial charge in [-0.05, 0) is 25.9 Å². The van der Waals surface area contributed by atoms with Gasteiger partial charge < -0.3 is 10.6 Å². The summed E-state index contributed by atoms with van der Waals surface area (Å²) in [5.74, 6) is 0.534. The van der Waals surface area contributed by atoms with Crippen LogP contribution in [0.4, 0.5) is 5.13 Å². The topological polar surface area (TPSA) is 66.9 Å². The number of nitrogens with zero attached hydrogens (tertiary/aromatic N) is 2. The number of carbonyl (C=O) groups excluding carboxylic acids is 1. The molecule has 0 aliphatic carbocycles. The standard InChI is InChI=1S/C9H14N4OS/c1-5(7-3-10-4-7)8(14)11-9-13-12-6(2)15-9/h5,7,10H,3-4H2,1-2H3,(H,11,13,14). The third-order valence-corrected chi connectivity index (χ3v) is 3.44. The Morgan fingerprint density at radius 1 is 1.60 bits per heavy atom. The van der Waals surface area contributed by atoms with Gasteiger partial charge in [0, 0.05) is 5.92 Å². The maximum absolute atomic E-state index is 11.8. The minimum Gasteiger partial charge on any atom is -0.316 e. The SMILES string of the molecule is Cc1nnc(NC(=O)C(C)C2CNC2)s1. The van der Waals surface area contributed by atoms with Crippen molar-refractivity contribution in [2.24, 2.45) is 11.8 Å². The van der Waals surface area contributed by atoms with Crippen LogP contribution in [0.1, 0.15) is 11.9 Å². The molecule has 1 aliphatic rings. The van der Waals surface area contributed by atoms with E-state index in [1.165, 1.54) is 11.3 Å². The number of carbonyl (C=O) groups is 1. The smallest absolute Gasteiger partial charge is 0.229 e. The first-order valence-electron chi connectivity index (χ1n) is 4.98. The van der Waals surface area contributed by atoms with Crippen molar-refractivity contribution in [1.82, 2.24) is 15.5 Å². The zero-order valence-corrected chi connectivity index (χ0v) is 9.60. The Morgan fingerprint density at radius 2 is 2.33 bits per heavy atom. The van der Waals surface area contributed by atoms with Crippen molar-refractivity contribution in [2.45, 2.75) is 13.8 Å². The molecule has 5 nitrogen and oxygen atoms in total. The number of hydrogen-bond acceptors (Lipinski definition) is 5. The van der Waals surface area contributed by atoms with Crippen LogP contribution in [0.25, 0.3) is 0 Å². The lowest BCUT2D eigenvalue weighted by Crippen LogP contribution is -2.48. The van der Waals surface area contributed by atoms with Gasteiger partial charge in [0.25, 0.3) is 0 Å². The molecule has 1 unspecified atom stereocenters. The molecule has 1 aliphatic heterocycles. The maximum Gasteiger partial charge on any atom is 0.229 e. The Hall–Kier alpha value is -1.01. The first-order chi connectivity index (χ1) is 7.16. The van der Waals surface area contributed by atoms with Crippen molar-refractivity contribution in [1.29, 1.82) is 0 Å². The van der Waals surface area contributed by atoms with Crippen LogP contribution in [0.3, 0.4) is 0 Å². The normalized spacial score (nSPS) is 18.3. The Balaban J connectivity index is 1.91. The van der Waals surface area contributed by atoms with E-state index in [1.54, 1.807) is 0 Å². The molecule has 82 valence electrons. The molecule has 6 heteroatoms. The molecule has 1 aromatic rings. The number of aromatic nitrogens is 2. The second kappa shape index (κ2) is 4.24. The Bertz CT molecular complexity index is 361. The zero-order chi connectivity index (χ0) is 10.8. The van der Waals surface area contributed by atoms with E-state index in [4.69, 9.17) is 0 Å². The minimum absolute atomic E-state index is 0.0375. The molecule has 2 rings (SSSR count). The van der Waals surface area contributed by atoms with Gasteiger partial charge in [-0.25, -0.2) is 0 Å². The molecule has 0 bridgehead atoms. The molecular formula is C9H14N4OS. The van der Waals surface area contributed by atoms with E-state index in [-0.39, 0.29) is 11.8 Å². The first-order valence-corrected chi connectivity index (χ1v) is 5.80. The average molecular weight is 226 g/mol. The summed E-state index contributed by atoms with van der Waals surface area (Å²) in [6.07, 6.45) is 0. The molecule has 0 aromatic carbocycles. The lowest BCUT2D eigenvalue weighted by molar-refractivity contribution is -0.121. The van der Waals surface area contributed by atoms with E-state index >= 15 is 0 Å². The Kier molecular flexibility index (Phi) is 2.97. The van der Waals surface area contributed by atoms with Crippen molar-refractivity contribution in [3.63, 3.8) is 0 Å². The van der Waals surface area contributed by atoms with Gasteiger partial charge in [0.15, 0.2) is 0 Å². The largest absolute Gasteiger partial charge is 0.316 e. The lowest BCUT2D eigenvalue weighted by atomic mass is 9.88. The molecule has 1 atom stereocenters. The van der Waals surface area contributed by atoms with E-state index < -0.39 is 0 Å². The van der Waals surface area contributed by atoms with E-state index in [1.807, 2.05) is 13.8 Å². The summed E-state index contributed by atoms with van der Waals surface area (Å²) < 4.78 is 0. The molecule has 0 spiro atoms. The highest BCUT2D eigenvalue weighted by atomic mass is 32.1. The van der Waals surface area contributed by atoms with Gasteiger partial charge in [0.05, 0.1) is 0 Å². The summed E-state index contributed by atoms with van der Waals surface area (Å²) in [4.78, 5) is 11.8. The second-order valence-electron chi connectivity index (χ2n) is 3.82.